The van der Waals surface area contributed by atoms with Gasteiger partial charge in [0.1, 0.15) is 5.60 Å². The molecule has 2 rings (SSSR count). The summed E-state index contributed by atoms with van der Waals surface area (Å²) in [6.45, 7) is 8.42. The molecule has 0 aliphatic carbocycles. The number of likely N-dealkylation sites (tertiary alicyclic amines) is 1. The van der Waals surface area contributed by atoms with Gasteiger partial charge >= 0.3 is 6.09 Å². The maximum atomic E-state index is 12.2. The molecule has 5 heteroatoms. The normalized spacial score (nSPS) is 19.0. The van der Waals surface area contributed by atoms with Gasteiger partial charge in [0.05, 0.1) is 0 Å². The van der Waals surface area contributed by atoms with Crippen LogP contribution in [0.5, 0.6) is 0 Å². The van der Waals surface area contributed by atoms with Crippen LogP contribution in [0.4, 0.5) is 4.79 Å². The van der Waals surface area contributed by atoms with Gasteiger partial charge in [0, 0.05) is 24.0 Å². The highest BCUT2D eigenvalue weighted by Gasteiger charge is 2.31. The number of amides is 1. The molecule has 1 aliphatic heterocycles. The minimum atomic E-state index is -0.415. The van der Waals surface area contributed by atoms with E-state index in [0.717, 1.165) is 38.9 Å². The zero-order chi connectivity index (χ0) is 15.3. The molecule has 21 heavy (non-hydrogen) atoms. The van der Waals surface area contributed by atoms with Crippen molar-refractivity contribution in [2.75, 3.05) is 13.1 Å². The molecule has 0 spiro atoms. The number of nitrogens with one attached hydrogen (secondary N) is 1. The van der Waals surface area contributed by atoms with E-state index < -0.39 is 5.60 Å². The van der Waals surface area contributed by atoms with E-state index in [0.29, 0.717) is 6.04 Å². The summed E-state index contributed by atoms with van der Waals surface area (Å²) in [5.74, 6) is 0. The summed E-state index contributed by atoms with van der Waals surface area (Å²) >= 11 is 1.77. The SMILES string of the molecule is CC(C)(C)OC(=O)N1CCCC1CCNCc1cccs1. The molecule has 1 amide bonds. The number of ether oxygens (including phenoxy) is 1. The molecule has 0 saturated carbocycles. The third-order valence-electron chi connectivity index (χ3n) is 3.54. The van der Waals surface area contributed by atoms with Crippen LogP contribution >= 0.6 is 11.3 Å². The van der Waals surface area contributed by atoms with E-state index in [2.05, 4.69) is 22.8 Å². The average molecular weight is 310 g/mol. The van der Waals surface area contributed by atoms with Crippen LogP contribution in [-0.4, -0.2) is 35.7 Å². The van der Waals surface area contributed by atoms with E-state index in [1.54, 1.807) is 11.3 Å². The van der Waals surface area contributed by atoms with Gasteiger partial charge in [-0.05, 0) is 58.0 Å². The van der Waals surface area contributed by atoms with Crippen molar-refractivity contribution in [3.63, 3.8) is 0 Å². The fourth-order valence-corrected chi connectivity index (χ4v) is 3.26. The molecule has 0 radical (unpaired) electrons. The Morgan fingerprint density at radius 1 is 1.52 bits per heavy atom. The molecule has 1 fully saturated rings. The Morgan fingerprint density at radius 2 is 2.33 bits per heavy atom. The highest BCUT2D eigenvalue weighted by atomic mass is 32.1. The van der Waals surface area contributed by atoms with Gasteiger partial charge in [-0.3, -0.25) is 0 Å². The number of nitrogens with zero attached hydrogens (tertiary/aromatic N) is 1. The molecular weight excluding hydrogens is 284 g/mol. The Labute approximate surface area is 131 Å². The number of rotatable bonds is 5. The van der Waals surface area contributed by atoms with Crippen molar-refractivity contribution in [2.45, 2.75) is 58.2 Å². The van der Waals surface area contributed by atoms with Gasteiger partial charge in [-0.15, -0.1) is 11.3 Å². The summed E-state index contributed by atoms with van der Waals surface area (Å²) in [6, 6.07) is 4.53. The molecule has 118 valence electrons. The highest BCUT2D eigenvalue weighted by molar-refractivity contribution is 7.09. The molecule has 1 N–H and O–H groups in total. The lowest BCUT2D eigenvalue weighted by Gasteiger charge is -2.28. The van der Waals surface area contributed by atoms with Crippen molar-refractivity contribution < 1.29 is 9.53 Å². The first kappa shape index (κ1) is 16.3. The summed E-state index contributed by atoms with van der Waals surface area (Å²) in [6.07, 6.45) is 2.99. The van der Waals surface area contributed by atoms with Gasteiger partial charge in [-0.2, -0.15) is 0 Å². The predicted octanol–water partition coefficient (Wildman–Crippen LogP) is 3.63. The zero-order valence-electron chi connectivity index (χ0n) is 13.2. The standard InChI is InChI=1S/C16H26N2O2S/c1-16(2,3)20-15(19)18-10-4-6-13(18)8-9-17-12-14-7-5-11-21-14/h5,7,11,13,17H,4,6,8-10,12H2,1-3H3. The Morgan fingerprint density at radius 3 is 3.00 bits per heavy atom. The van der Waals surface area contributed by atoms with Crippen LogP contribution in [0, 0.1) is 0 Å². The van der Waals surface area contributed by atoms with Crippen LogP contribution in [0.2, 0.25) is 0 Å². The molecule has 1 atom stereocenters. The van der Waals surface area contributed by atoms with Gasteiger partial charge in [0.2, 0.25) is 0 Å². The number of carbonyl (C=O) groups is 1. The molecule has 0 bridgehead atoms. The second-order valence-electron chi connectivity index (χ2n) is 6.51. The van der Waals surface area contributed by atoms with Crippen LogP contribution < -0.4 is 5.32 Å². The lowest BCUT2D eigenvalue weighted by Crippen LogP contribution is -2.40. The van der Waals surface area contributed by atoms with Gasteiger partial charge in [-0.25, -0.2) is 4.79 Å². The van der Waals surface area contributed by atoms with Crippen LogP contribution in [0.3, 0.4) is 0 Å². The molecule has 1 saturated heterocycles. The predicted molar refractivity (Wildman–Crippen MR) is 86.6 cm³/mol. The van der Waals surface area contributed by atoms with E-state index in [4.69, 9.17) is 4.74 Å². The van der Waals surface area contributed by atoms with Gasteiger partial charge in [0.25, 0.3) is 0 Å². The van der Waals surface area contributed by atoms with E-state index in [-0.39, 0.29) is 6.09 Å². The van der Waals surface area contributed by atoms with Crippen molar-refractivity contribution >= 4 is 17.4 Å². The quantitative estimate of drug-likeness (QED) is 0.844. The summed E-state index contributed by atoms with van der Waals surface area (Å²) < 4.78 is 5.49. The minimum Gasteiger partial charge on any atom is -0.444 e. The number of carbonyl (C=O) groups excluding carboxylic acids is 1. The fraction of sp³-hybridized carbons (Fsp3) is 0.688. The first-order chi connectivity index (χ1) is 9.96. The lowest BCUT2D eigenvalue weighted by atomic mass is 10.1. The minimum absolute atomic E-state index is 0.164. The number of hydrogen-bond donors (Lipinski definition) is 1. The molecule has 1 aromatic heterocycles. The third kappa shape index (κ3) is 5.32. The Hall–Kier alpha value is -1.07. The summed E-state index contributed by atoms with van der Waals surface area (Å²) in [4.78, 5) is 15.4. The Balaban J connectivity index is 1.72. The van der Waals surface area contributed by atoms with Crippen LogP contribution in [0.15, 0.2) is 17.5 Å². The largest absolute Gasteiger partial charge is 0.444 e. The van der Waals surface area contributed by atoms with E-state index in [1.165, 1.54) is 4.88 Å². The maximum absolute atomic E-state index is 12.2. The van der Waals surface area contributed by atoms with Crippen molar-refractivity contribution in [3.05, 3.63) is 22.4 Å². The first-order valence-corrected chi connectivity index (χ1v) is 8.56. The molecule has 0 aromatic carbocycles. The molecule has 1 aromatic rings. The number of thiophene rings is 1. The number of hydrogen-bond acceptors (Lipinski definition) is 4. The summed E-state index contributed by atoms with van der Waals surface area (Å²) in [5, 5.41) is 5.55. The van der Waals surface area contributed by atoms with E-state index in [1.807, 2.05) is 25.7 Å². The third-order valence-corrected chi connectivity index (χ3v) is 4.42. The van der Waals surface area contributed by atoms with Crippen molar-refractivity contribution in [2.24, 2.45) is 0 Å². The highest BCUT2D eigenvalue weighted by Crippen LogP contribution is 2.22. The smallest absolute Gasteiger partial charge is 0.410 e. The van der Waals surface area contributed by atoms with Crippen LogP contribution in [-0.2, 0) is 11.3 Å². The Bertz CT molecular complexity index is 440. The lowest BCUT2D eigenvalue weighted by molar-refractivity contribution is 0.0221. The van der Waals surface area contributed by atoms with Gasteiger partial charge in [-0.1, -0.05) is 6.07 Å². The first-order valence-electron chi connectivity index (χ1n) is 7.68. The van der Waals surface area contributed by atoms with Crippen molar-refractivity contribution in [1.29, 1.82) is 0 Å². The van der Waals surface area contributed by atoms with E-state index in [9.17, 15) is 4.79 Å². The summed E-state index contributed by atoms with van der Waals surface area (Å²) in [5.41, 5.74) is -0.415. The molecule has 1 aliphatic rings. The fourth-order valence-electron chi connectivity index (χ4n) is 2.59. The van der Waals surface area contributed by atoms with Gasteiger partial charge in [0.15, 0.2) is 0 Å². The second kappa shape index (κ2) is 7.27. The monoisotopic (exact) mass is 310 g/mol. The van der Waals surface area contributed by atoms with Crippen molar-refractivity contribution in [3.8, 4) is 0 Å². The van der Waals surface area contributed by atoms with Gasteiger partial charge < -0.3 is 15.0 Å². The molecule has 2 heterocycles. The molecule has 1 unspecified atom stereocenters. The van der Waals surface area contributed by atoms with Crippen molar-refractivity contribution in [1.82, 2.24) is 10.2 Å². The summed E-state index contributed by atoms with van der Waals surface area (Å²) in [7, 11) is 0. The van der Waals surface area contributed by atoms with E-state index >= 15 is 0 Å². The van der Waals surface area contributed by atoms with Crippen LogP contribution in [0.25, 0.3) is 0 Å². The van der Waals surface area contributed by atoms with Crippen LogP contribution in [0.1, 0.15) is 44.9 Å². The second-order valence-corrected chi connectivity index (χ2v) is 7.55. The maximum Gasteiger partial charge on any atom is 0.410 e. The average Bonchev–Trinajstić information content (AvgIpc) is 3.04. The zero-order valence-corrected chi connectivity index (χ0v) is 14.0. The topological polar surface area (TPSA) is 41.6 Å². The molecular formula is C16H26N2O2S. The Kier molecular flexibility index (Phi) is 5.65. The molecule has 4 nitrogen and oxygen atoms in total.